The second-order valence-corrected chi connectivity index (χ2v) is 10.3. The Labute approximate surface area is 215 Å². The molecule has 1 aromatic carbocycles. The van der Waals surface area contributed by atoms with Gasteiger partial charge in [0.1, 0.15) is 27.7 Å². The lowest BCUT2D eigenvalue weighted by Gasteiger charge is -2.27. The highest BCUT2D eigenvalue weighted by atomic mass is 32.1. The van der Waals surface area contributed by atoms with Crippen LogP contribution in [0.5, 0.6) is 5.75 Å². The van der Waals surface area contributed by atoms with E-state index in [1.54, 1.807) is 6.20 Å². The van der Waals surface area contributed by atoms with Crippen molar-refractivity contribution in [1.29, 1.82) is 0 Å². The van der Waals surface area contributed by atoms with Gasteiger partial charge >= 0.3 is 6.36 Å². The van der Waals surface area contributed by atoms with E-state index in [2.05, 4.69) is 31.2 Å². The van der Waals surface area contributed by atoms with Crippen molar-refractivity contribution in [2.75, 3.05) is 7.11 Å². The van der Waals surface area contributed by atoms with Crippen molar-refractivity contribution in [2.24, 2.45) is 5.92 Å². The fourth-order valence-corrected chi connectivity index (χ4v) is 5.60. The summed E-state index contributed by atoms with van der Waals surface area (Å²) in [6.07, 6.45) is 0.0391. The lowest BCUT2D eigenvalue weighted by Crippen LogP contribution is -2.20. The molecule has 0 spiro atoms. The Morgan fingerprint density at radius 2 is 1.84 bits per heavy atom. The number of aryl methyl sites for hydroxylation is 1. The van der Waals surface area contributed by atoms with Gasteiger partial charge in [0.2, 0.25) is 0 Å². The Morgan fingerprint density at radius 1 is 1.11 bits per heavy atom. The largest absolute Gasteiger partial charge is 0.573 e. The van der Waals surface area contributed by atoms with Crippen LogP contribution in [-0.4, -0.2) is 39.7 Å². The van der Waals surface area contributed by atoms with Crippen LogP contribution in [-0.2, 0) is 22.4 Å². The number of hydrogen-bond donors (Lipinski definition) is 0. The Bertz CT molecular complexity index is 1230. The minimum Gasteiger partial charge on any atom is -0.406 e. The minimum atomic E-state index is -4.95. The number of methoxy groups -OCH3 is 1. The van der Waals surface area contributed by atoms with Gasteiger partial charge in [-0.15, -0.1) is 34.7 Å². The van der Waals surface area contributed by atoms with E-state index in [1.807, 2.05) is 6.92 Å². The van der Waals surface area contributed by atoms with Gasteiger partial charge in [0, 0.05) is 25.0 Å². The normalized spacial score (nSPS) is 19.0. The summed E-state index contributed by atoms with van der Waals surface area (Å²) in [5, 5.41) is 17.9. The van der Waals surface area contributed by atoms with Crippen LogP contribution in [0.2, 0.25) is 0 Å². The Hall–Kier alpha value is -2.99. The molecule has 1 saturated carbocycles. The van der Waals surface area contributed by atoms with E-state index < -0.39 is 29.8 Å². The molecule has 0 radical (unpaired) electrons. The van der Waals surface area contributed by atoms with E-state index in [0.29, 0.717) is 16.8 Å². The van der Waals surface area contributed by atoms with Gasteiger partial charge in [-0.25, -0.2) is 4.39 Å². The van der Waals surface area contributed by atoms with E-state index in [4.69, 9.17) is 4.74 Å². The number of hydrogen-bond acceptors (Lipinski definition) is 8. The summed E-state index contributed by atoms with van der Waals surface area (Å²) in [4.78, 5) is 12.9. The van der Waals surface area contributed by atoms with Crippen molar-refractivity contribution in [3.63, 3.8) is 0 Å². The predicted molar refractivity (Wildman–Crippen MR) is 127 cm³/mol. The molecule has 1 fully saturated rings. The second-order valence-electron chi connectivity index (χ2n) is 9.16. The van der Waals surface area contributed by atoms with Gasteiger partial charge in [-0.1, -0.05) is 0 Å². The molecule has 12 heteroatoms. The van der Waals surface area contributed by atoms with Crippen LogP contribution in [0.4, 0.5) is 17.6 Å². The third-order valence-corrected chi connectivity index (χ3v) is 7.33. The van der Waals surface area contributed by atoms with Crippen LogP contribution in [0.25, 0.3) is 0 Å². The molecular formula is C25H26F4N4O3S. The molecule has 198 valence electrons. The standard InChI is InChI=1S/C25H26F4N4O3S/c1-14-9-20(31-30-13-14)16-5-3-15(4-6-16)10-22-32-33-23(37-22)12-21(34)24(35-2)18-11-17(7-8-19(18)26)36-25(27,28)29/h7-9,11,13,15-16,24H,3-6,10,12H2,1-2H3. The van der Waals surface area contributed by atoms with Gasteiger partial charge in [0.15, 0.2) is 5.78 Å². The maximum Gasteiger partial charge on any atom is 0.573 e. The van der Waals surface area contributed by atoms with E-state index >= 15 is 0 Å². The monoisotopic (exact) mass is 538 g/mol. The molecule has 3 aromatic rings. The van der Waals surface area contributed by atoms with Crippen molar-refractivity contribution in [3.05, 3.63) is 63.1 Å². The number of Topliss-reactive ketones (excluding diaryl/α,β-unsaturated/α-hetero) is 1. The first-order valence-electron chi connectivity index (χ1n) is 11.8. The molecule has 0 amide bonds. The highest BCUT2D eigenvalue weighted by Gasteiger charge is 2.33. The summed E-state index contributed by atoms with van der Waals surface area (Å²) < 4.78 is 61.0. The molecule has 0 saturated heterocycles. The van der Waals surface area contributed by atoms with Crippen molar-refractivity contribution in [2.45, 2.75) is 63.8 Å². The minimum absolute atomic E-state index is 0.182. The number of aromatic nitrogens is 4. The summed E-state index contributed by atoms with van der Waals surface area (Å²) >= 11 is 1.30. The molecule has 1 aliphatic rings. The van der Waals surface area contributed by atoms with Crippen LogP contribution in [0, 0.1) is 18.7 Å². The van der Waals surface area contributed by atoms with Gasteiger partial charge in [0.25, 0.3) is 0 Å². The number of carbonyl (C=O) groups excluding carboxylic acids is 1. The number of ketones is 1. The van der Waals surface area contributed by atoms with Crippen LogP contribution < -0.4 is 4.74 Å². The molecule has 0 bridgehead atoms. The maximum atomic E-state index is 14.4. The Balaban J connectivity index is 1.34. The van der Waals surface area contributed by atoms with Gasteiger partial charge < -0.3 is 9.47 Å². The number of rotatable bonds is 9. The van der Waals surface area contributed by atoms with E-state index in [0.717, 1.165) is 66.6 Å². The molecule has 1 aliphatic carbocycles. The third-order valence-electron chi connectivity index (χ3n) is 6.38. The van der Waals surface area contributed by atoms with Gasteiger partial charge in [0.05, 0.1) is 18.3 Å². The highest BCUT2D eigenvalue weighted by Crippen LogP contribution is 2.37. The number of nitrogens with zero attached hydrogens (tertiary/aromatic N) is 4. The van der Waals surface area contributed by atoms with E-state index in [1.165, 1.54) is 18.4 Å². The summed E-state index contributed by atoms with van der Waals surface area (Å²) in [7, 11) is 1.18. The molecule has 1 unspecified atom stereocenters. The first kappa shape index (κ1) is 27.1. The number of alkyl halides is 3. The molecular weight excluding hydrogens is 512 g/mol. The smallest absolute Gasteiger partial charge is 0.406 e. The van der Waals surface area contributed by atoms with Gasteiger partial charge in [-0.3, -0.25) is 4.79 Å². The third kappa shape index (κ3) is 7.29. The highest BCUT2D eigenvalue weighted by molar-refractivity contribution is 7.11. The molecule has 37 heavy (non-hydrogen) atoms. The topological polar surface area (TPSA) is 87.1 Å². The second kappa shape index (κ2) is 11.6. The molecule has 2 heterocycles. The van der Waals surface area contributed by atoms with E-state index in [-0.39, 0.29) is 12.0 Å². The SMILES string of the molecule is COC(C(=O)Cc1nnc(CC2CCC(c3cc(C)cnn3)CC2)s1)c1cc(OC(F)(F)F)ccc1F. The van der Waals surface area contributed by atoms with Crippen molar-refractivity contribution in [1.82, 2.24) is 20.4 Å². The predicted octanol–water partition coefficient (Wildman–Crippen LogP) is 5.69. The van der Waals surface area contributed by atoms with Crippen molar-refractivity contribution < 1.29 is 31.8 Å². The number of carbonyl (C=O) groups is 1. The quantitative estimate of drug-likeness (QED) is 0.324. The number of ether oxygens (including phenoxy) is 2. The summed E-state index contributed by atoms with van der Waals surface area (Å²) in [6, 6.07) is 4.55. The number of benzene rings is 1. The summed E-state index contributed by atoms with van der Waals surface area (Å²) in [6.45, 7) is 2.01. The van der Waals surface area contributed by atoms with Gasteiger partial charge in [-0.2, -0.15) is 10.2 Å². The zero-order chi connectivity index (χ0) is 26.6. The number of halogens is 4. The Kier molecular flexibility index (Phi) is 8.48. The Morgan fingerprint density at radius 3 is 2.51 bits per heavy atom. The lowest BCUT2D eigenvalue weighted by molar-refractivity contribution is -0.274. The lowest BCUT2D eigenvalue weighted by atomic mass is 9.79. The van der Waals surface area contributed by atoms with Crippen LogP contribution in [0.3, 0.4) is 0 Å². The molecule has 0 aliphatic heterocycles. The molecule has 4 rings (SSSR count). The average Bonchev–Trinajstić information content (AvgIpc) is 3.27. The molecule has 2 aromatic heterocycles. The first-order valence-corrected chi connectivity index (χ1v) is 12.6. The molecule has 1 atom stereocenters. The van der Waals surface area contributed by atoms with Crippen LogP contribution in [0.1, 0.15) is 64.5 Å². The van der Waals surface area contributed by atoms with Crippen molar-refractivity contribution in [3.8, 4) is 5.75 Å². The maximum absolute atomic E-state index is 14.4. The van der Waals surface area contributed by atoms with Crippen molar-refractivity contribution >= 4 is 17.1 Å². The van der Waals surface area contributed by atoms with E-state index in [9.17, 15) is 22.4 Å². The summed E-state index contributed by atoms with van der Waals surface area (Å²) in [5.41, 5.74) is 1.80. The first-order chi connectivity index (χ1) is 17.6. The zero-order valence-corrected chi connectivity index (χ0v) is 21.1. The van der Waals surface area contributed by atoms with Gasteiger partial charge in [-0.05, 0) is 68.4 Å². The summed E-state index contributed by atoms with van der Waals surface area (Å²) in [5.74, 6) is -1.21. The molecule has 0 N–H and O–H groups in total. The van der Waals surface area contributed by atoms with Crippen LogP contribution in [0.15, 0.2) is 30.5 Å². The zero-order valence-electron chi connectivity index (χ0n) is 20.3. The fourth-order valence-electron chi connectivity index (χ4n) is 4.63. The average molecular weight is 539 g/mol. The molecule has 7 nitrogen and oxygen atoms in total. The fraction of sp³-hybridized carbons (Fsp3) is 0.480. The van der Waals surface area contributed by atoms with Crippen LogP contribution >= 0.6 is 11.3 Å².